The molecule has 0 amide bonds. The Balaban J connectivity index is 1.73. The number of methoxy groups -OCH3 is 1. The van der Waals surface area contributed by atoms with E-state index in [2.05, 4.69) is 32.3 Å². The number of ether oxygens (including phenoxy) is 1. The van der Waals surface area contributed by atoms with Gasteiger partial charge in [-0.1, -0.05) is 24.3 Å². The van der Waals surface area contributed by atoms with Crippen molar-refractivity contribution in [1.29, 1.82) is 5.41 Å². The molecule has 5 aromatic rings. The van der Waals surface area contributed by atoms with Crippen LogP contribution in [-0.2, 0) is 6.42 Å². The minimum atomic E-state index is 0.0493. The van der Waals surface area contributed by atoms with E-state index in [1.807, 2.05) is 34.7 Å². The average Bonchev–Trinajstić information content (AvgIpc) is 3.21. The van der Waals surface area contributed by atoms with Gasteiger partial charge < -0.3 is 15.3 Å². The summed E-state index contributed by atoms with van der Waals surface area (Å²) < 4.78 is 7.59. The Morgan fingerprint density at radius 2 is 1.91 bits per heavy atom. The Labute approximate surface area is 189 Å². The van der Waals surface area contributed by atoms with Crippen LogP contribution in [0.2, 0.25) is 0 Å². The summed E-state index contributed by atoms with van der Waals surface area (Å²) in [6.45, 7) is 3.19. The lowest BCUT2D eigenvalue weighted by atomic mass is 9.99. The molecule has 164 valence electrons. The number of aromatic nitrogens is 5. The molecule has 0 saturated heterocycles. The third-order valence-electron chi connectivity index (χ3n) is 5.70. The van der Waals surface area contributed by atoms with E-state index in [1.165, 1.54) is 0 Å². The van der Waals surface area contributed by atoms with Gasteiger partial charge in [0.25, 0.3) is 0 Å². The molecular weight excluding hydrogens is 416 g/mol. The first-order valence-electron chi connectivity index (χ1n) is 10.5. The lowest BCUT2D eigenvalue weighted by Gasteiger charge is -2.14. The topological polar surface area (TPSA) is 109 Å². The molecule has 0 aliphatic carbocycles. The fourth-order valence-electron chi connectivity index (χ4n) is 4.26. The van der Waals surface area contributed by atoms with Crippen LogP contribution in [0.25, 0.3) is 33.0 Å². The van der Waals surface area contributed by atoms with Gasteiger partial charge in [0.05, 0.1) is 42.2 Å². The lowest BCUT2D eigenvalue weighted by Crippen LogP contribution is -2.04. The summed E-state index contributed by atoms with van der Waals surface area (Å²) in [6.07, 6.45) is 3.96. The van der Waals surface area contributed by atoms with Crippen LogP contribution >= 0.6 is 0 Å². The summed E-state index contributed by atoms with van der Waals surface area (Å²) in [5, 5.41) is 29.2. The number of benzene rings is 2. The first kappa shape index (κ1) is 20.6. The monoisotopic (exact) mass is 438 g/mol. The van der Waals surface area contributed by atoms with Gasteiger partial charge in [0, 0.05) is 34.5 Å². The first-order chi connectivity index (χ1) is 16.0. The minimum Gasteiger partial charge on any atom is -0.512 e. The molecule has 0 bridgehead atoms. The number of allylic oxidation sites excluding steroid dienone is 2. The molecule has 0 aliphatic rings. The molecule has 0 saturated carbocycles. The molecule has 8 nitrogen and oxygen atoms in total. The smallest absolute Gasteiger partial charge is 0.179 e. The minimum absolute atomic E-state index is 0.0493. The molecule has 8 heteroatoms. The van der Waals surface area contributed by atoms with Gasteiger partial charge in [0.2, 0.25) is 0 Å². The number of hydrogen-bond donors (Lipinski definition) is 2. The molecule has 5 rings (SSSR count). The van der Waals surface area contributed by atoms with Gasteiger partial charge >= 0.3 is 0 Å². The first-order valence-corrected chi connectivity index (χ1v) is 10.5. The maximum atomic E-state index is 10.2. The number of aliphatic hydroxyl groups excluding tert-OH is 1. The number of fused-ring (bicyclic) bond motifs is 4. The summed E-state index contributed by atoms with van der Waals surface area (Å²) in [6, 6.07) is 13.8. The van der Waals surface area contributed by atoms with Crippen LogP contribution in [-0.4, -0.2) is 42.5 Å². The van der Waals surface area contributed by atoms with Crippen molar-refractivity contribution in [2.45, 2.75) is 20.3 Å². The number of aliphatic hydroxyl groups is 1. The van der Waals surface area contributed by atoms with Crippen molar-refractivity contribution in [3.05, 3.63) is 77.7 Å². The Kier molecular flexibility index (Phi) is 4.97. The predicted octanol–water partition coefficient (Wildman–Crippen LogP) is 4.75. The number of hydrogen-bond acceptors (Lipinski definition) is 7. The zero-order valence-corrected chi connectivity index (χ0v) is 18.5. The second-order valence-corrected chi connectivity index (χ2v) is 7.85. The van der Waals surface area contributed by atoms with E-state index < -0.39 is 0 Å². The average molecular weight is 438 g/mol. The summed E-state index contributed by atoms with van der Waals surface area (Å²) >= 11 is 0. The van der Waals surface area contributed by atoms with Crippen molar-refractivity contribution in [3.63, 3.8) is 0 Å². The maximum absolute atomic E-state index is 10.2. The number of rotatable bonds is 5. The number of nitrogens with one attached hydrogen (secondary N) is 1. The van der Waals surface area contributed by atoms with Gasteiger partial charge in [-0.2, -0.15) is 0 Å². The van der Waals surface area contributed by atoms with Gasteiger partial charge in [0.15, 0.2) is 5.65 Å². The Morgan fingerprint density at radius 3 is 2.67 bits per heavy atom. The van der Waals surface area contributed by atoms with E-state index in [9.17, 15) is 5.11 Å². The zero-order valence-electron chi connectivity index (χ0n) is 18.5. The maximum Gasteiger partial charge on any atom is 0.179 e. The molecule has 33 heavy (non-hydrogen) atoms. The van der Waals surface area contributed by atoms with E-state index >= 15 is 0 Å². The Hall–Kier alpha value is -4.33. The van der Waals surface area contributed by atoms with Crippen molar-refractivity contribution in [3.8, 4) is 5.75 Å². The molecule has 0 unspecified atom stereocenters. The van der Waals surface area contributed by atoms with E-state index in [-0.39, 0.29) is 11.5 Å². The molecule has 0 aliphatic heterocycles. The summed E-state index contributed by atoms with van der Waals surface area (Å²) in [5.74, 6) is 1.30. The van der Waals surface area contributed by atoms with Crippen LogP contribution in [0.5, 0.6) is 5.75 Å². The second-order valence-electron chi connectivity index (χ2n) is 7.85. The number of pyridine rings is 1. The van der Waals surface area contributed by atoms with Crippen molar-refractivity contribution in [2.75, 3.05) is 7.11 Å². The summed E-state index contributed by atoms with van der Waals surface area (Å²) in [7, 11) is 1.56. The zero-order chi connectivity index (χ0) is 23.1. The van der Waals surface area contributed by atoms with Crippen molar-refractivity contribution in [1.82, 2.24) is 24.6 Å². The van der Waals surface area contributed by atoms with Gasteiger partial charge in [0.1, 0.15) is 11.6 Å². The van der Waals surface area contributed by atoms with E-state index in [4.69, 9.17) is 10.1 Å². The highest BCUT2D eigenvalue weighted by molar-refractivity contribution is 6.22. The quantitative estimate of drug-likeness (QED) is 0.303. The van der Waals surface area contributed by atoms with Crippen LogP contribution in [0.15, 0.2) is 60.6 Å². The summed E-state index contributed by atoms with van der Waals surface area (Å²) in [5.41, 5.74) is 4.23. The molecule has 2 N–H and O–H groups in total. The fraction of sp³-hybridized carbons (Fsp3) is 0.160. The molecule has 3 aromatic heterocycles. The van der Waals surface area contributed by atoms with E-state index in [0.717, 1.165) is 27.8 Å². The molecule has 3 heterocycles. The van der Waals surface area contributed by atoms with Crippen molar-refractivity contribution in [2.24, 2.45) is 0 Å². The molecule has 0 radical (unpaired) electrons. The van der Waals surface area contributed by atoms with Crippen molar-refractivity contribution < 1.29 is 9.84 Å². The molecule has 2 aromatic carbocycles. The SMILES string of the molecule is COc1cc2c(cc1/C(C(C)=N)=C(\C)O)ncc1nnc(Cc3nccc4ccccc34)n12. The van der Waals surface area contributed by atoms with Gasteiger partial charge in [-0.25, -0.2) is 0 Å². The van der Waals surface area contributed by atoms with Crippen molar-refractivity contribution >= 4 is 38.7 Å². The Bertz CT molecular complexity index is 1580. The number of nitrogens with zero attached hydrogens (tertiary/aromatic N) is 5. The van der Waals surface area contributed by atoms with Crippen LogP contribution in [0, 0.1) is 5.41 Å². The molecular formula is C25H22N6O2. The fourth-order valence-corrected chi connectivity index (χ4v) is 4.26. The van der Waals surface area contributed by atoms with Gasteiger partial charge in [-0.05, 0) is 31.4 Å². The Morgan fingerprint density at radius 1 is 1.09 bits per heavy atom. The highest BCUT2D eigenvalue weighted by atomic mass is 16.5. The molecule has 0 spiro atoms. The standard InChI is InChI=1S/C25H22N6O2/c1-14(26)25(15(2)32)18-10-20-21(12-22(18)33-3)31-23(29-30-24(31)13-28-20)11-19-17-7-5-4-6-16(17)8-9-27-19/h4-10,12-13,26,32H,11H2,1-3H3/b25-15+,26-14?. The highest BCUT2D eigenvalue weighted by Crippen LogP contribution is 2.33. The summed E-state index contributed by atoms with van der Waals surface area (Å²) in [4.78, 5) is 9.15. The van der Waals surface area contributed by atoms with Crippen LogP contribution < -0.4 is 4.74 Å². The van der Waals surface area contributed by atoms with E-state index in [1.54, 1.807) is 33.4 Å². The molecule has 0 fully saturated rings. The second kappa shape index (κ2) is 7.98. The van der Waals surface area contributed by atoms with E-state index in [0.29, 0.717) is 34.5 Å². The molecule has 0 atom stereocenters. The van der Waals surface area contributed by atoms with Gasteiger partial charge in [-0.15, -0.1) is 10.2 Å². The highest BCUT2D eigenvalue weighted by Gasteiger charge is 2.19. The van der Waals surface area contributed by atoms with Gasteiger partial charge in [-0.3, -0.25) is 14.4 Å². The van der Waals surface area contributed by atoms with Crippen LogP contribution in [0.4, 0.5) is 0 Å². The van der Waals surface area contributed by atoms with Crippen LogP contribution in [0.3, 0.4) is 0 Å². The lowest BCUT2D eigenvalue weighted by molar-refractivity contribution is 0.409. The normalized spacial score (nSPS) is 12.3. The largest absolute Gasteiger partial charge is 0.512 e. The third-order valence-corrected chi connectivity index (χ3v) is 5.70. The predicted molar refractivity (Wildman–Crippen MR) is 128 cm³/mol. The van der Waals surface area contributed by atoms with Crippen LogP contribution in [0.1, 0.15) is 30.9 Å². The third kappa shape index (κ3) is 3.45.